The Bertz CT molecular complexity index is 700. The molecule has 23 heavy (non-hydrogen) atoms. The normalized spacial score (nSPS) is 17.6. The molecule has 1 fully saturated rings. The van der Waals surface area contributed by atoms with E-state index in [0.717, 1.165) is 31.4 Å². The first-order valence-electron chi connectivity index (χ1n) is 7.92. The lowest BCUT2D eigenvalue weighted by Crippen LogP contribution is -2.21. The Labute approximate surface area is 135 Å². The van der Waals surface area contributed by atoms with Gasteiger partial charge in [0.15, 0.2) is 0 Å². The topological polar surface area (TPSA) is 61.7 Å². The molecule has 4 heteroatoms. The van der Waals surface area contributed by atoms with Crippen LogP contribution >= 0.6 is 0 Å². The number of carbonyl (C=O) groups is 1. The first-order valence-corrected chi connectivity index (χ1v) is 7.92. The van der Waals surface area contributed by atoms with E-state index >= 15 is 0 Å². The number of hydrogen-bond donors (Lipinski definition) is 2. The van der Waals surface area contributed by atoms with Crippen molar-refractivity contribution >= 4 is 11.6 Å². The van der Waals surface area contributed by atoms with Crippen molar-refractivity contribution in [2.45, 2.75) is 31.6 Å². The van der Waals surface area contributed by atoms with E-state index in [2.05, 4.69) is 34.8 Å². The van der Waals surface area contributed by atoms with E-state index in [1.807, 2.05) is 6.07 Å². The highest BCUT2D eigenvalue weighted by atomic mass is 16.3. The molecule has 2 aromatic rings. The molecule has 118 valence electrons. The molecule has 1 aliphatic rings. The third kappa shape index (κ3) is 3.97. The molecule has 1 saturated carbocycles. The molecule has 0 unspecified atom stereocenters. The molecule has 1 aliphatic carbocycles. The number of phenols is 1. The van der Waals surface area contributed by atoms with Crippen LogP contribution in [0.3, 0.4) is 0 Å². The van der Waals surface area contributed by atoms with Crippen LogP contribution in [0.4, 0.5) is 0 Å². The van der Waals surface area contributed by atoms with Crippen molar-refractivity contribution in [3.05, 3.63) is 65.7 Å². The second-order valence-electron chi connectivity index (χ2n) is 5.85. The second kappa shape index (κ2) is 7.09. The number of nitrogens with zero attached hydrogens (tertiary/aromatic N) is 1. The van der Waals surface area contributed by atoms with Gasteiger partial charge in [0.05, 0.1) is 0 Å². The summed E-state index contributed by atoms with van der Waals surface area (Å²) in [6, 6.07) is 16.8. The molecule has 0 spiro atoms. The fourth-order valence-electron chi connectivity index (χ4n) is 2.96. The van der Waals surface area contributed by atoms with Crippen molar-refractivity contribution in [2.24, 2.45) is 5.10 Å². The minimum absolute atomic E-state index is 0.0775. The average molecular weight is 308 g/mol. The number of amides is 1. The Morgan fingerprint density at radius 2 is 1.78 bits per heavy atom. The lowest BCUT2D eigenvalue weighted by Gasteiger charge is -2.23. The van der Waals surface area contributed by atoms with E-state index in [4.69, 9.17) is 0 Å². The third-order valence-electron chi connectivity index (χ3n) is 4.26. The summed E-state index contributed by atoms with van der Waals surface area (Å²) in [5.41, 5.74) is 5.42. The standard InChI is InChI=1S/C19H20N2O2/c22-18-8-4-7-16(13-18)19(23)21-20-17-11-9-15(10-12-17)14-5-2-1-3-6-14/h1-8,13,15,22H,9-12H2,(H,21,23). The molecular weight excluding hydrogens is 288 g/mol. The highest BCUT2D eigenvalue weighted by Crippen LogP contribution is 2.31. The summed E-state index contributed by atoms with van der Waals surface area (Å²) in [4.78, 5) is 12.0. The van der Waals surface area contributed by atoms with Crippen LogP contribution in [0.5, 0.6) is 5.75 Å². The largest absolute Gasteiger partial charge is 0.508 e. The fraction of sp³-hybridized carbons (Fsp3) is 0.263. The van der Waals surface area contributed by atoms with Gasteiger partial charge < -0.3 is 5.11 Å². The minimum atomic E-state index is -0.293. The van der Waals surface area contributed by atoms with Gasteiger partial charge in [-0.25, -0.2) is 5.43 Å². The smallest absolute Gasteiger partial charge is 0.271 e. The number of benzene rings is 2. The Morgan fingerprint density at radius 3 is 2.48 bits per heavy atom. The number of phenolic OH excluding ortho intramolecular Hbond substituents is 1. The van der Waals surface area contributed by atoms with Gasteiger partial charge in [-0.05, 0) is 55.4 Å². The molecule has 2 aromatic carbocycles. The van der Waals surface area contributed by atoms with E-state index in [1.54, 1.807) is 12.1 Å². The summed E-state index contributed by atoms with van der Waals surface area (Å²) in [5, 5.41) is 13.7. The maximum absolute atomic E-state index is 12.0. The highest BCUT2D eigenvalue weighted by Gasteiger charge is 2.19. The van der Waals surface area contributed by atoms with Crippen LogP contribution in [-0.4, -0.2) is 16.7 Å². The number of aromatic hydroxyl groups is 1. The molecule has 2 N–H and O–H groups in total. The molecule has 0 bridgehead atoms. The van der Waals surface area contributed by atoms with Crippen LogP contribution in [0.15, 0.2) is 59.7 Å². The maximum atomic E-state index is 12.0. The summed E-state index contributed by atoms with van der Waals surface area (Å²) in [7, 11) is 0. The van der Waals surface area contributed by atoms with E-state index in [-0.39, 0.29) is 11.7 Å². The maximum Gasteiger partial charge on any atom is 0.271 e. The third-order valence-corrected chi connectivity index (χ3v) is 4.26. The molecular formula is C19H20N2O2. The van der Waals surface area contributed by atoms with Gasteiger partial charge in [-0.2, -0.15) is 5.10 Å². The van der Waals surface area contributed by atoms with E-state index in [1.165, 1.54) is 17.7 Å². The lowest BCUT2D eigenvalue weighted by atomic mass is 9.83. The predicted molar refractivity (Wildman–Crippen MR) is 90.7 cm³/mol. The van der Waals surface area contributed by atoms with Gasteiger partial charge in [0.2, 0.25) is 0 Å². The zero-order valence-corrected chi connectivity index (χ0v) is 12.9. The van der Waals surface area contributed by atoms with Gasteiger partial charge in [-0.15, -0.1) is 0 Å². The molecule has 1 amide bonds. The number of hydrazone groups is 1. The molecule has 4 nitrogen and oxygen atoms in total. The fourth-order valence-corrected chi connectivity index (χ4v) is 2.96. The lowest BCUT2D eigenvalue weighted by molar-refractivity contribution is 0.0954. The van der Waals surface area contributed by atoms with Gasteiger partial charge in [-0.3, -0.25) is 4.79 Å². The zero-order valence-electron chi connectivity index (χ0n) is 12.9. The van der Waals surface area contributed by atoms with Crippen LogP contribution in [0.25, 0.3) is 0 Å². The Balaban J connectivity index is 1.55. The number of hydrogen-bond acceptors (Lipinski definition) is 3. The Morgan fingerprint density at radius 1 is 1.04 bits per heavy atom. The molecule has 0 saturated heterocycles. The van der Waals surface area contributed by atoms with Gasteiger partial charge in [0, 0.05) is 11.3 Å². The van der Waals surface area contributed by atoms with Crippen LogP contribution < -0.4 is 5.43 Å². The SMILES string of the molecule is O=C(NN=C1CCC(c2ccccc2)CC1)c1cccc(O)c1. The van der Waals surface area contributed by atoms with Crippen LogP contribution in [-0.2, 0) is 0 Å². The molecule has 3 rings (SSSR count). The number of carbonyl (C=O) groups excluding carboxylic acids is 1. The zero-order chi connectivity index (χ0) is 16.1. The molecule has 0 heterocycles. The van der Waals surface area contributed by atoms with Crippen LogP contribution in [0.1, 0.15) is 47.5 Å². The van der Waals surface area contributed by atoms with Crippen LogP contribution in [0, 0.1) is 0 Å². The average Bonchev–Trinajstić information content (AvgIpc) is 2.61. The Hall–Kier alpha value is -2.62. The van der Waals surface area contributed by atoms with Crippen LogP contribution in [0.2, 0.25) is 0 Å². The van der Waals surface area contributed by atoms with Gasteiger partial charge >= 0.3 is 0 Å². The first-order chi connectivity index (χ1) is 11.2. The number of rotatable bonds is 3. The van der Waals surface area contributed by atoms with E-state index in [9.17, 15) is 9.90 Å². The summed E-state index contributed by atoms with van der Waals surface area (Å²) < 4.78 is 0. The molecule has 0 radical (unpaired) electrons. The molecule has 0 aromatic heterocycles. The monoisotopic (exact) mass is 308 g/mol. The van der Waals surface area contributed by atoms with Gasteiger partial charge in [-0.1, -0.05) is 36.4 Å². The van der Waals surface area contributed by atoms with Gasteiger partial charge in [0.25, 0.3) is 5.91 Å². The van der Waals surface area contributed by atoms with Crippen molar-refractivity contribution in [3.63, 3.8) is 0 Å². The predicted octanol–water partition coefficient (Wildman–Crippen LogP) is 3.84. The van der Waals surface area contributed by atoms with Crippen molar-refractivity contribution in [3.8, 4) is 5.75 Å². The minimum Gasteiger partial charge on any atom is -0.508 e. The first kappa shape index (κ1) is 15.3. The van der Waals surface area contributed by atoms with E-state index < -0.39 is 0 Å². The second-order valence-corrected chi connectivity index (χ2v) is 5.85. The molecule has 0 atom stereocenters. The van der Waals surface area contributed by atoms with E-state index in [0.29, 0.717) is 11.5 Å². The Kier molecular flexibility index (Phi) is 4.71. The summed E-state index contributed by atoms with van der Waals surface area (Å²) in [5.74, 6) is 0.365. The highest BCUT2D eigenvalue weighted by molar-refractivity contribution is 5.95. The van der Waals surface area contributed by atoms with Crippen molar-refractivity contribution in [1.82, 2.24) is 5.43 Å². The molecule has 0 aliphatic heterocycles. The van der Waals surface area contributed by atoms with Gasteiger partial charge in [0.1, 0.15) is 5.75 Å². The summed E-state index contributed by atoms with van der Waals surface area (Å²) in [6.07, 6.45) is 3.93. The quantitative estimate of drug-likeness (QED) is 0.846. The number of nitrogens with one attached hydrogen (secondary N) is 1. The summed E-state index contributed by atoms with van der Waals surface area (Å²) in [6.45, 7) is 0. The summed E-state index contributed by atoms with van der Waals surface area (Å²) >= 11 is 0. The van der Waals surface area contributed by atoms with Crippen molar-refractivity contribution in [2.75, 3.05) is 0 Å². The van der Waals surface area contributed by atoms with Crippen molar-refractivity contribution < 1.29 is 9.90 Å². The van der Waals surface area contributed by atoms with Crippen molar-refractivity contribution in [1.29, 1.82) is 0 Å².